The second-order valence-electron chi connectivity index (χ2n) is 21.4. The van der Waals surface area contributed by atoms with Gasteiger partial charge in [0.1, 0.15) is 30.5 Å². The van der Waals surface area contributed by atoms with E-state index in [4.69, 9.17) is 19.4 Å². The van der Waals surface area contributed by atoms with E-state index in [1.807, 2.05) is 59.8 Å². The van der Waals surface area contributed by atoms with Crippen LogP contribution in [-0.2, 0) is 43.2 Å². The number of nitrogens with one attached hydrogen (secondary N) is 2. The molecule has 0 radical (unpaired) electrons. The van der Waals surface area contributed by atoms with Crippen LogP contribution < -0.4 is 15.6 Å². The van der Waals surface area contributed by atoms with Gasteiger partial charge in [0.15, 0.2) is 0 Å². The van der Waals surface area contributed by atoms with Crippen molar-refractivity contribution in [3.05, 3.63) is 51.9 Å². The van der Waals surface area contributed by atoms with Crippen molar-refractivity contribution in [3.8, 4) is 22.5 Å². The first kappa shape index (κ1) is 53.9. The summed E-state index contributed by atoms with van der Waals surface area (Å²) in [6.07, 6.45) is -2.98. The van der Waals surface area contributed by atoms with Crippen LogP contribution in [0, 0.1) is 17.2 Å². The molecule has 73 heavy (non-hydrogen) atoms. The van der Waals surface area contributed by atoms with Crippen LogP contribution in [0.3, 0.4) is 0 Å². The van der Waals surface area contributed by atoms with Gasteiger partial charge in [0.25, 0.3) is 5.91 Å². The Morgan fingerprint density at radius 3 is 2.41 bits per heavy atom. The number of nitrogens with zero attached hydrogens (tertiary/aromatic N) is 9. The lowest BCUT2D eigenvalue weighted by Gasteiger charge is -2.45. The average molecular weight is 1040 g/mol. The van der Waals surface area contributed by atoms with Crippen molar-refractivity contribution in [1.82, 2.24) is 49.9 Å². The van der Waals surface area contributed by atoms with Crippen molar-refractivity contribution >= 4 is 51.7 Å². The number of aromatic nitrogens is 3. The molecule has 0 aliphatic carbocycles. The van der Waals surface area contributed by atoms with E-state index in [0.717, 1.165) is 35.1 Å². The number of likely N-dealkylation sites (N-methyl/N-ethyl adjacent to an activating group) is 3. The number of thiazole rings is 1. The van der Waals surface area contributed by atoms with Crippen LogP contribution in [0.5, 0.6) is 0 Å². The number of hydrogen-bond acceptors (Lipinski definition) is 13. The molecule has 3 fully saturated rings. The summed E-state index contributed by atoms with van der Waals surface area (Å²) in [5, 5.41) is 6.54. The van der Waals surface area contributed by atoms with Crippen molar-refractivity contribution in [2.45, 2.75) is 103 Å². The van der Waals surface area contributed by atoms with Gasteiger partial charge in [-0.3, -0.25) is 24.4 Å². The van der Waals surface area contributed by atoms with E-state index < -0.39 is 66.0 Å². The minimum atomic E-state index is -4.74. The molecular formula is C51H69F4N11O6S. The van der Waals surface area contributed by atoms with Gasteiger partial charge in [-0.2, -0.15) is 13.2 Å². The molecule has 7 heterocycles. The molecule has 8 rings (SSSR count). The maximum atomic E-state index is 16.9. The highest BCUT2D eigenvalue weighted by Crippen LogP contribution is 2.45. The summed E-state index contributed by atoms with van der Waals surface area (Å²) in [7, 11) is 8.98. The van der Waals surface area contributed by atoms with Crippen molar-refractivity contribution < 1.29 is 46.2 Å². The van der Waals surface area contributed by atoms with E-state index in [0.29, 0.717) is 71.9 Å². The molecule has 398 valence electrons. The standard InChI is InChI=1S/C51H69F4N11O6S/c1-29(2)44(62(9)49(70)64-24-32(25-64)60(6)7)46(67)58-39-21-42-57-40(26-73-42)34-19-33-36(22-50(4,5)28-72-48(69)38-12-11-13-66(59-38)47(39)68)45(65(27-51(53,54)55)41(33)20-37(34)52)35-18-31(23-56-43(35)30(3)71-10)63-16-14-61(8)15-17-63/h18-20,23,26,29-30,32,38-39,44,59H,11-17,21-22,24-25,27-28H2,1-10H3,(H,58,67)/t30-,38-,39-,44-/m0/s1. The lowest BCUT2D eigenvalue weighted by atomic mass is 9.84. The predicted molar refractivity (Wildman–Crippen MR) is 270 cm³/mol. The van der Waals surface area contributed by atoms with Gasteiger partial charge in [-0.25, -0.2) is 19.6 Å². The molecule has 0 unspecified atom stereocenters. The smallest absolute Gasteiger partial charge is 0.406 e. The SMILES string of the molecule is CO[C@@H](C)c1ncc(N2CCN(C)CC2)cc1-c1c2c3cc(c(F)cc3n1CC(F)(F)F)-c1csc(n1)C[C@H](NC(=O)[C@H](C(C)C)N(C)C(=O)N1CC(N(C)C)C1)C(=O)N1CCC[C@H](N1)C(=O)OCC(C)(C)C2. The lowest BCUT2D eigenvalue weighted by molar-refractivity contribution is -0.155. The number of hydrogen-bond donors (Lipinski definition) is 2. The maximum Gasteiger partial charge on any atom is 0.406 e. The third-order valence-electron chi connectivity index (χ3n) is 14.7. The van der Waals surface area contributed by atoms with Gasteiger partial charge in [0.05, 0.1) is 52.2 Å². The van der Waals surface area contributed by atoms with Gasteiger partial charge in [0, 0.05) is 99.7 Å². The monoisotopic (exact) mass is 1040 g/mol. The van der Waals surface area contributed by atoms with Crippen molar-refractivity contribution in [3.63, 3.8) is 0 Å². The Bertz CT molecular complexity index is 2700. The van der Waals surface area contributed by atoms with Gasteiger partial charge in [-0.1, -0.05) is 27.7 Å². The Kier molecular flexibility index (Phi) is 15.8. The first-order valence-corrected chi connectivity index (χ1v) is 25.9. The Labute approximate surface area is 428 Å². The molecule has 4 aromatic rings. The fraction of sp³-hybridized carbons (Fsp3) is 0.608. The van der Waals surface area contributed by atoms with Crippen molar-refractivity contribution in [2.75, 3.05) is 92.6 Å². The summed E-state index contributed by atoms with van der Waals surface area (Å²) in [5.74, 6) is -2.95. The number of rotatable bonds is 10. The number of fused-ring (bicyclic) bond motifs is 6. The van der Waals surface area contributed by atoms with Crippen LogP contribution in [-0.4, -0.2) is 181 Å². The number of carbonyl (C=O) groups is 4. The molecule has 4 aliphatic rings. The van der Waals surface area contributed by atoms with Gasteiger partial charge >= 0.3 is 18.2 Å². The highest BCUT2D eigenvalue weighted by atomic mass is 32.1. The number of cyclic esters (lactones) is 1. The molecular weight excluding hydrogens is 971 g/mol. The number of anilines is 1. The number of pyridine rings is 1. The molecule has 17 nitrogen and oxygen atoms in total. The first-order valence-electron chi connectivity index (χ1n) is 25.0. The molecule has 2 N–H and O–H groups in total. The van der Waals surface area contributed by atoms with E-state index in [1.54, 1.807) is 30.4 Å². The minimum absolute atomic E-state index is 0.00287. The van der Waals surface area contributed by atoms with E-state index in [-0.39, 0.29) is 66.5 Å². The zero-order valence-electron chi connectivity index (χ0n) is 43.4. The van der Waals surface area contributed by atoms with Crippen LogP contribution in [0.2, 0.25) is 0 Å². The van der Waals surface area contributed by atoms with Crippen LogP contribution in [0.1, 0.15) is 69.8 Å². The fourth-order valence-corrected chi connectivity index (χ4v) is 11.2. The number of alkyl halides is 3. The maximum absolute atomic E-state index is 16.9. The molecule has 6 bridgehead atoms. The Morgan fingerprint density at radius 2 is 1.75 bits per heavy atom. The highest BCUT2D eigenvalue weighted by molar-refractivity contribution is 7.10. The summed E-state index contributed by atoms with van der Waals surface area (Å²) < 4.78 is 74.9. The van der Waals surface area contributed by atoms with Crippen LogP contribution in [0.25, 0.3) is 33.4 Å². The minimum Gasteiger partial charge on any atom is -0.464 e. The summed E-state index contributed by atoms with van der Waals surface area (Å²) in [6.45, 7) is 11.6. The number of amides is 4. The molecule has 0 saturated carbocycles. The summed E-state index contributed by atoms with van der Waals surface area (Å²) in [4.78, 5) is 75.9. The van der Waals surface area contributed by atoms with Crippen LogP contribution in [0.4, 0.5) is 28.0 Å². The molecule has 4 aliphatic heterocycles. The third kappa shape index (κ3) is 11.6. The van der Waals surface area contributed by atoms with E-state index in [9.17, 15) is 19.2 Å². The van der Waals surface area contributed by atoms with Crippen LogP contribution in [0.15, 0.2) is 29.8 Å². The Hall–Kier alpha value is -5.42. The predicted octanol–water partition coefficient (Wildman–Crippen LogP) is 5.96. The van der Waals surface area contributed by atoms with Gasteiger partial charge in [-0.05, 0) is 77.0 Å². The number of esters is 1. The Morgan fingerprint density at radius 1 is 1.04 bits per heavy atom. The number of ether oxygens (including phenoxy) is 2. The summed E-state index contributed by atoms with van der Waals surface area (Å²) in [6, 6.07) is 1.20. The number of benzene rings is 1. The molecule has 1 aromatic carbocycles. The fourth-order valence-electron chi connectivity index (χ4n) is 10.4. The number of carbonyl (C=O) groups excluding carboxylic acids is 4. The number of halogens is 4. The topological polar surface area (TPSA) is 161 Å². The van der Waals surface area contributed by atoms with E-state index in [2.05, 4.69) is 20.5 Å². The van der Waals surface area contributed by atoms with Crippen molar-refractivity contribution in [2.24, 2.45) is 11.3 Å². The van der Waals surface area contributed by atoms with Crippen molar-refractivity contribution in [1.29, 1.82) is 0 Å². The highest BCUT2D eigenvalue weighted by Gasteiger charge is 2.42. The quantitative estimate of drug-likeness (QED) is 0.142. The van der Waals surface area contributed by atoms with Crippen LogP contribution >= 0.6 is 11.3 Å². The second kappa shape index (κ2) is 21.4. The van der Waals surface area contributed by atoms with Gasteiger partial charge in [0.2, 0.25) is 5.91 Å². The van der Waals surface area contributed by atoms with Gasteiger partial charge in [-0.15, -0.1) is 11.3 Å². The first-order chi connectivity index (χ1) is 34.4. The number of urea groups is 1. The second-order valence-corrected chi connectivity index (χ2v) is 22.4. The molecule has 3 saturated heterocycles. The average Bonchev–Trinajstić information content (AvgIpc) is 3.89. The van der Waals surface area contributed by atoms with Gasteiger partial charge < -0.3 is 43.9 Å². The zero-order valence-corrected chi connectivity index (χ0v) is 44.3. The molecule has 4 atom stereocenters. The summed E-state index contributed by atoms with van der Waals surface area (Å²) >= 11 is 1.13. The van der Waals surface area contributed by atoms with E-state index in [1.165, 1.54) is 23.1 Å². The third-order valence-corrected chi connectivity index (χ3v) is 15.5. The largest absolute Gasteiger partial charge is 0.464 e. The summed E-state index contributed by atoms with van der Waals surface area (Å²) in [5.41, 5.74) is 4.48. The molecule has 3 aromatic heterocycles. The molecule has 4 amide bonds. The zero-order chi connectivity index (χ0) is 52.8. The number of likely N-dealkylation sites (tertiary alicyclic amines) is 1. The number of piperazine rings is 1. The Balaban J connectivity index is 1.25. The molecule has 22 heteroatoms. The van der Waals surface area contributed by atoms with E-state index >= 15 is 17.6 Å². The number of hydrazine groups is 1. The number of methoxy groups -OCH3 is 1. The normalized spacial score (nSPS) is 21.3. The molecule has 0 spiro atoms. The lowest BCUT2D eigenvalue weighted by Crippen LogP contribution is -2.65.